The van der Waals surface area contributed by atoms with Crippen molar-refractivity contribution in [3.63, 3.8) is 0 Å². The normalized spacial score (nSPS) is 16.9. The number of rotatable bonds is 4. The van der Waals surface area contributed by atoms with Gasteiger partial charge in [-0.2, -0.15) is 5.26 Å². The Kier molecular flexibility index (Phi) is 5.55. The summed E-state index contributed by atoms with van der Waals surface area (Å²) in [5.74, 6) is 0.338. The Hall–Kier alpha value is -1.57. The Morgan fingerprint density at radius 1 is 1.35 bits per heavy atom. The molecule has 0 aromatic carbocycles. The van der Waals surface area contributed by atoms with E-state index in [1.165, 1.54) is 0 Å². The van der Waals surface area contributed by atoms with Gasteiger partial charge in [0.05, 0.1) is 6.07 Å². The number of carbonyl (C=O) groups excluding carboxylic acids is 2. The van der Waals surface area contributed by atoms with Crippen molar-refractivity contribution in [3.05, 3.63) is 0 Å². The number of nitriles is 1. The molecule has 1 aliphatic heterocycles. The Balaban J connectivity index is 2.42. The monoisotopic (exact) mass is 279 g/mol. The third-order valence-corrected chi connectivity index (χ3v) is 3.61. The average molecular weight is 279 g/mol. The van der Waals surface area contributed by atoms with Gasteiger partial charge in [0.1, 0.15) is 5.41 Å². The van der Waals surface area contributed by atoms with Crippen LogP contribution in [0.5, 0.6) is 0 Å². The molecule has 1 saturated heterocycles. The smallest absolute Gasteiger partial charge is 0.240 e. The number of hydrogen-bond acceptors (Lipinski definition) is 3. The van der Waals surface area contributed by atoms with E-state index in [9.17, 15) is 9.59 Å². The van der Waals surface area contributed by atoms with E-state index in [0.29, 0.717) is 25.4 Å². The highest BCUT2D eigenvalue weighted by molar-refractivity contribution is 5.84. The molecule has 5 nitrogen and oxygen atoms in total. The summed E-state index contributed by atoms with van der Waals surface area (Å²) in [5, 5.41) is 11.8. The van der Waals surface area contributed by atoms with Crippen molar-refractivity contribution in [2.45, 2.75) is 53.0 Å². The van der Waals surface area contributed by atoms with Crippen LogP contribution >= 0.6 is 0 Å². The zero-order valence-electron chi connectivity index (χ0n) is 12.9. The molecule has 0 atom stereocenters. The maximum atomic E-state index is 11.9. The van der Waals surface area contributed by atoms with E-state index in [1.54, 1.807) is 13.8 Å². The van der Waals surface area contributed by atoms with E-state index in [-0.39, 0.29) is 17.9 Å². The predicted molar refractivity (Wildman–Crippen MR) is 76.6 cm³/mol. The Bertz CT molecular complexity index is 402. The first-order valence-corrected chi connectivity index (χ1v) is 7.26. The summed E-state index contributed by atoms with van der Waals surface area (Å²) in [4.78, 5) is 25.7. The first-order chi connectivity index (χ1) is 9.26. The lowest BCUT2D eigenvalue weighted by Gasteiger charge is -2.33. The van der Waals surface area contributed by atoms with Crippen molar-refractivity contribution in [1.29, 1.82) is 5.26 Å². The van der Waals surface area contributed by atoms with E-state index in [4.69, 9.17) is 5.26 Å². The molecule has 0 aliphatic carbocycles. The maximum Gasteiger partial charge on any atom is 0.240 e. The summed E-state index contributed by atoms with van der Waals surface area (Å²) in [6, 6.07) is 2.07. The lowest BCUT2D eigenvalue weighted by Crippen LogP contribution is -2.49. The molecule has 0 spiro atoms. The number of hydrogen-bond donors (Lipinski definition) is 1. The van der Waals surface area contributed by atoms with Crippen LogP contribution in [0.4, 0.5) is 0 Å². The van der Waals surface area contributed by atoms with Crippen LogP contribution in [0.2, 0.25) is 0 Å². The van der Waals surface area contributed by atoms with Crippen molar-refractivity contribution in [2.75, 3.05) is 13.1 Å². The Morgan fingerprint density at radius 2 is 1.90 bits per heavy atom. The number of likely N-dealkylation sites (tertiary alicyclic amines) is 1. The third-order valence-electron chi connectivity index (χ3n) is 3.61. The molecule has 0 radical (unpaired) electrons. The quantitative estimate of drug-likeness (QED) is 0.851. The maximum absolute atomic E-state index is 11.9. The van der Waals surface area contributed by atoms with Gasteiger partial charge in [-0.25, -0.2) is 0 Å². The molecule has 1 N–H and O–H groups in total. The summed E-state index contributed by atoms with van der Waals surface area (Å²) < 4.78 is 0. The van der Waals surface area contributed by atoms with Crippen molar-refractivity contribution < 1.29 is 9.59 Å². The zero-order valence-corrected chi connectivity index (χ0v) is 12.9. The van der Waals surface area contributed by atoms with E-state index in [0.717, 1.165) is 12.8 Å². The second kappa shape index (κ2) is 6.74. The second-order valence-corrected chi connectivity index (χ2v) is 6.46. The van der Waals surface area contributed by atoms with Crippen LogP contribution in [0, 0.1) is 22.7 Å². The molecule has 112 valence electrons. The van der Waals surface area contributed by atoms with Crippen LogP contribution in [0.15, 0.2) is 0 Å². The number of nitrogens with zero attached hydrogens (tertiary/aromatic N) is 2. The third kappa shape index (κ3) is 4.52. The van der Waals surface area contributed by atoms with Gasteiger partial charge in [-0.3, -0.25) is 9.59 Å². The average Bonchev–Trinajstić information content (AvgIpc) is 2.38. The number of piperidine rings is 1. The van der Waals surface area contributed by atoms with Gasteiger partial charge in [0.15, 0.2) is 0 Å². The SMILES string of the molecule is CC(C)CC(=O)N1CCC(NC(=O)C(C)(C)C#N)CC1. The largest absolute Gasteiger partial charge is 0.352 e. The molecule has 5 heteroatoms. The first-order valence-electron chi connectivity index (χ1n) is 7.26. The molecule has 0 saturated carbocycles. The fourth-order valence-corrected chi connectivity index (χ4v) is 2.17. The molecular weight excluding hydrogens is 254 g/mol. The van der Waals surface area contributed by atoms with Gasteiger partial charge in [-0.15, -0.1) is 0 Å². The van der Waals surface area contributed by atoms with Gasteiger partial charge < -0.3 is 10.2 Å². The highest BCUT2D eigenvalue weighted by Gasteiger charge is 2.31. The molecule has 0 aromatic heterocycles. The molecule has 1 fully saturated rings. The van der Waals surface area contributed by atoms with Crippen LogP contribution in [-0.4, -0.2) is 35.8 Å². The molecule has 0 bridgehead atoms. The van der Waals surface area contributed by atoms with Gasteiger partial charge in [0.2, 0.25) is 11.8 Å². The van der Waals surface area contributed by atoms with Crippen molar-refractivity contribution in [2.24, 2.45) is 11.3 Å². The number of nitrogens with one attached hydrogen (secondary N) is 1. The van der Waals surface area contributed by atoms with Gasteiger partial charge in [-0.05, 0) is 32.6 Å². The van der Waals surface area contributed by atoms with Crippen LogP contribution in [-0.2, 0) is 9.59 Å². The Morgan fingerprint density at radius 3 is 2.35 bits per heavy atom. The van der Waals surface area contributed by atoms with E-state index < -0.39 is 5.41 Å². The molecule has 1 rings (SSSR count). The molecule has 20 heavy (non-hydrogen) atoms. The highest BCUT2D eigenvalue weighted by atomic mass is 16.2. The molecule has 1 aliphatic rings. The fourth-order valence-electron chi connectivity index (χ4n) is 2.17. The lowest BCUT2D eigenvalue weighted by atomic mass is 9.93. The minimum Gasteiger partial charge on any atom is -0.352 e. The highest BCUT2D eigenvalue weighted by Crippen LogP contribution is 2.17. The van der Waals surface area contributed by atoms with Gasteiger partial charge in [0, 0.05) is 25.6 Å². The first kappa shape index (κ1) is 16.5. The van der Waals surface area contributed by atoms with Crippen LogP contribution < -0.4 is 5.32 Å². The van der Waals surface area contributed by atoms with Crippen molar-refractivity contribution >= 4 is 11.8 Å². The minimum absolute atomic E-state index is 0.0678. The van der Waals surface area contributed by atoms with Crippen molar-refractivity contribution in [1.82, 2.24) is 10.2 Å². The molecular formula is C15H25N3O2. The molecule has 2 amide bonds. The van der Waals surface area contributed by atoms with Crippen LogP contribution in [0.3, 0.4) is 0 Å². The van der Waals surface area contributed by atoms with Crippen LogP contribution in [0.25, 0.3) is 0 Å². The zero-order chi connectivity index (χ0) is 15.3. The lowest BCUT2D eigenvalue weighted by molar-refractivity contribution is -0.133. The van der Waals surface area contributed by atoms with Gasteiger partial charge in [-0.1, -0.05) is 13.8 Å². The number of carbonyl (C=O) groups is 2. The second-order valence-electron chi connectivity index (χ2n) is 6.46. The number of amides is 2. The van der Waals surface area contributed by atoms with Gasteiger partial charge >= 0.3 is 0 Å². The molecule has 1 heterocycles. The van der Waals surface area contributed by atoms with Crippen LogP contribution in [0.1, 0.15) is 47.0 Å². The van der Waals surface area contributed by atoms with Crippen molar-refractivity contribution in [3.8, 4) is 6.07 Å². The van der Waals surface area contributed by atoms with E-state index in [2.05, 4.69) is 5.32 Å². The summed E-state index contributed by atoms with van der Waals surface area (Å²) >= 11 is 0. The summed E-state index contributed by atoms with van der Waals surface area (Å²) in [7, 11) is 0. The standard InChI is InChI=1S/C15H25N3O2/c1-11(2)9-13(19)18-7-5-12(6-8-18)17-14(20)15(3,4)10-16/h11-12H,5-9H2,1-4H3,(H,17,20). The summed E-state index contributed by atoms with van der Waals surface area (Å²) in [6.45, 7) is 8.67. The van der Waals surface area contributed by atoms with E-state index >= 15 is 0 Å². The topological polar surface area (TPSA) is 73.2 Å². The summed E-state index contributed by atoms with van der Waals surface area (Å²) in [6.07, 6.45) is 2.10. The molecule has 0 aromatic rings. The predicted octanol–water partition coefficient (Wildman–Crippen LogP) is 1.69. The van der Waals surface area contributed by atoms with Gasteiger partial charge in [0.25, 0.3) is 0 Å². The summed E-state index contributed by atoms with van der Waals surface area (Å²) in [5.41, 5.74) is -0.995. The molecule has 0 unspecified atom stereocenters. The minimum atomic E-state index is -0.995. The van der Waals surface area contributed by atoms with E-state index in [1.807, 2.05) is 24.8 Å². The fraction of sp³-hybridized carbons (Fsp3) is 0.800. The Labute approximate surface area is 121 Å².